The molecule has 2 rings (SSSR count). The molecule has 0 unspecified atom stereocenters. The summed E-state index contributed by atoms with van der Waals surface area (Å²) >= 11 is 5.82. The zero-order valence-electron chi connectivity index (χ0n) is 8.36. The number of rotatable bonds is 3. The van der Waals surface area contributed by atoms with Gasteiger partial charge in [0, 0.05) is 5.02 Å². The van der Waals surface area contributed by atoms with Crippen molar-refractivity contribution in [2.75, 3.05) is 0 Å². The van der Waals surface area contributed by atoms with E-state index in [-0.39, 0.29) is 0 Å². The number of halogens is 1. The molecular formula is C14H12Cl. The van der Waals surface area contributed by atoms with E-state index in [2.05, 4.69) is 30.7 Å². The number of benzene rings is 2. The van der Waals surface area contributed by atoms with Crippen LogP contribution in [0.4, 0.5) is 0 Å². The summed E-state index contributed by atoms with van der Waals surface area (Å²) in [7, 11) is 0. The lowest BCUT2D eigenvalue weighted by Gasteiger charge is -2.01. The van der Waals surface area contributed by atoms with Crippen LogP contribution in [-0.4, -0.2) is 0 Å². The normalized spacial score (nSPS) is 10.2. The van der Waals surface area contributed by atoms with Crippen molar-refractivity contribution in [2.45, 2.75) is 6.42 Å². The largest absolute Gasteiger partial charge is 0.0843 e. The van der Waals surface area contributed by atoms with E-state index in [1.54, 1.807) is 0 Å². The third-order valence-electron chi connectivity index (χ3n) is 2.29. The van der Waals surface area contributed by atoms with Gasteiger partial charge in [-0.25, -0.2) is 0 Å². The minimum absolute atomic E-state index is 0.790. The molecule has 0 aliphatic carbocycles. The average Bonchev–Trinajstić information content (AvgIpc) is 2.30. The van der Waals surface area contributed by atoms with Crippen LogP contribution in [0.15, 0.2) is 54.6 Å². The van der Waals surface area contributed by atoms with Gasteiger partial charge in [-0.3, -0.25) is 0 Å². The summed E-state index contributed by atoms with van der Waals surface area (Å²) in [6.07, 6.45) is 3.16. The molecule has 0 spiro atoms. The summed E-state index contributed by atoms with van der Waals surface area (Å²) in [5.41, 5.74) is 2.54. The minimum atomic E-state index is 0.790. The standard InChI is InChI=1S/C14H12Cl/c15-14-10-8-13(9-11-14)7-6-12-4-2-1-3-5-12/h1-6,8-11H,7H2. The van der Waals surface area contributed by atoms with Gasteiger partial charge in [-0.1, -0.05) is 54.1 Å². The lowest BCUT2D eigenvalue weighted by molar-refractivity contribution is 1.17. The van der Waals surface area contributed by atoms with Crippen LogP contribution in [-0.2, 0) is 6.42 Å². The molecule has 1 radical (unpaired) electrons. The van der Waals surface area contributed by atoms with Crippen LogP contribution in [0.5, 0.6) is 0 Å². The molecule has 0 N–H and O–H groups in total. The molecule has 0 heterocycles. The maximum atomic E-state index is 5.82. The molecule has 0 bridgehead atoms. The molecule has 2 aromatic carbocycles. The van der Waals surface area contributed by atoms with E-state index in [4.69, 9.17) is 11.6 Å². The first kappa shape index (κ1) is 10.3. The minimum Gasteiger partial charge on any atom is -0.0843 e. The molecule has 2 aromatic rings. The zero-order valence-corrected chi connectivity index (χ0v) is 9.11. The van der Waals surface area contributed by atoms with E-state index in [1.807, 2.05) is 30.3 Å². The van der Waals surface area contributed by atoms with E-state index in [0.717, 1.165) is 11.4 Å². The van der Waals surface area contributed by atoms with Gasteiger partial charge in [0.05, 0.1) is 0 Å². The van der Waals surface area contributed by atoms with Crippen LogP contribution in [0.25, 0.3) is 0 Å². The average molecular weight is 216 g/mol. The smallest absolute Gasteiger partial charge is 0.0406 e. The second-order valence-corrected chi connectivity index (χ2v) is 3.88. The summed E-state index contributed by atoms with van der Waals surface area (Å²) in [5.74, 6) is 0. The highest BCUT2D eigenvalue weighted by Gasteiger charge is 1.95. The van der Waals surface area contributed by atoms with Crippen molar-refractivity contribution in [1.82, 2.24) is 0 Å². The van der Waals surface area contributed by atoms with Crippen molar-refractivity contribution in [3.8, 4) is 0 Å². The Balaban J connectivity index is 1.96. The first-order valence-electron chi connectivity index (χ1n) is 4.97. The predicted molar refractivity (Wildman–Crippen MR) is 65.0 cm³/mol. The van der Waals surface area contributed by atoms with Gasteiger partial charge in [-0.05, 0) is 36.1 Å². The van der Waals surface area contributed by atoms with Crippen LogP contribution < -0.4 is 0 Å². The Hall–Kier alpha value is -1.27. The fourth-order valence-corrected chi connectivity index (χ4v) is 1.57. The molecular weight excluding hydrogens is 204 g/mol. The fraction of sp³-hybridized carbons (Fsp3) is 0.0714. The van der Waals surface area contributed by atoms with Crippen molar-refractivity contribution in [1.29, 1.82) is 0 Å². The van der Waals surface area contributed by atoms with Crippen molar-refractivity contribution in [3.63, 3.8) is 0 Å². The summed E-state index contributed by atoms with van der Waals surface area (Å²) < 4.78 is 0. The van der Waals surface area contributed by atoms with Gasteiger partial charge in [0.2, 0.25) is 0 Å². The molecule has 0 nitrogen and oxygen atoms in total. The van der Waals surface area contributed by atoms with Gasteiger partial charge in [0.1, 0.15) is 0 Å². The summed E-state index contributed by atoms with van der Waals surface area (Å²) in [6.45, 7) is 0. The molecule has 1 heteroatoms. The Bertz CT molecular complexity index is 403. The lowest BCUT2D eigenvalue weighted by atomic mass is 10.0. The summed E-state index contributed by atoms with van der Waals surface area (Å²) in [6, 6.07) is 18.3. The third-order valence-corrected chi connectivity index (χ3v) is 2.54. The van der Waals surface area contributed by atoms with Crippen LogP contribution in [0.1, 0.15) is 11.1 Å². The number of hydrogen-bond donors (Lipinski definition) is 0. The lowest BCUT2D eigenvalue weighted by Crippen LogP contribution is -1.87. The molecule has 0 aliphatic heterocycles. The Morgan fingerprint density at radius 3 is 2.20 bits per heavy atom. The quantitative estimate of drug-likeness (QED) is 0.722. The van der Waals surface area contributed by atoms with Crippen molar-refractivity contribution in [2.24, 2.45) is 0 Å². The topological polar surface area (TPSA) is 0 Å². The maximum absolute atomic E-state index is 5.82. The van der Waals surface area contributed by atoms with E-state index >= 15 is 0 Å². The predicted octanol–water partition coefficient (Wildman–Crippen LogP) is 4.14. The number of hydrogen-bond acceptors (Lipinski definition) is 0. The van der Waals surface area contributed by atoms with Crippen LogP contribution in [0.3, 0.4) is 0 Å². The molecule has 0 aromatic heterocycles. The molecule has 0 saturated heterocycles. The SMILES string of the molecule is Clc1ccc(C[CH]c2ccccc2)cc1. The molecule has 0 fully saturated rings. The Morgan fingerprint density at radius 1 is 0.867 bits per heavy atom. The summed E-state index contributed by atoms with van der Waals surface area (Å²) in [4.78, 5) is 0. The zero-order chi connectivity index (χ0) is 10.5. The maximum Gasteiger partial charge on any atom is 0.0406 e. The van der Waals surface area contributed by atoms with E-state index < -0.39 is 0 Å². The monoisotopic (exact) mass is 215 g/mol. The van der Waals surface area contributed by atoms with Gasteiger partial charge >= 0.3 is 0 Å². The molecule has 0 amide bonds. The highest BCUT2D eigenvalue weighted by Crippen LogP contribution is 2.12. The van der Waals surface area contributed by atoms with Gasteiger partial charge in [-0.2, -0.15) is 0 Å². The van der Waals surface area contributed by atoms with Gasteiger partial charge in [-0.15, -0.1) is 0 Å². The second kappa shape index (κ2) is 4.99. The highest BCUT2D eigenvalue weighted by atomic mass is 35.5. The second-order valence-electron chi connectivity index (χ2n) is 3.45. The molecule has 0 aliphatic rings. The molecule has 15 heavy (non-hydrogen) atoms. The molecule has 75 valence electrons. The molecule has 0 saturated carbocycles. The van der Waals surface area contributed by atoms with Gasteiger partial charge < -0.3 is 0 Å². The third kappa shape index (κ3) is 3.10. The molecule has 0 atom stereocenters. The van der Waals surface area contributed by atoms with Crippen molar-refractivity contribution in [3.05, 3.63) is 77.2 Å². The first-order chi connectivity index (χ1) is 7.34. The van der Waals surface area contributed by atoms with Crippen LogP contribution >= 0.6 is 11.6 Å². The van der Waals surface area contributed by atoms with E-state index in [0.29, 0.717) is 0 Å². The first-order valence-corrected chi connectivity index (χ1v) is 5.35. The van der Waals surface area contributed by atoms with Gasteiger partial charge in [0.15, 0.2) is 0 Å². The van der Waals surface area contributed by atoms with Crippen molar-refractivity contribution >= 4 is 11.6 Å². The Kier molecular flexibility index (Phi) is 3.41. The summed E-state index contributed by atoms with van der Waals surface area (Å²) in [5, 5.41) is 0.790. The Labute approximate surface area is 95.5 Å². The van der Waals surface area contributed by atoms with E-state index in [1.165, 1.54) is 11.1 Å². The van der Waals surface area contributed by atoms with Gasteiger partial charge in [0.25, 0.3) is 0 Å². The van der Waals surface area contributed by atoms with Crippen LogP contribution in [0.2, 0.25) is 5.02 Å². The van der Waals surface area contributed by atoms with E-state index in [9.17, 15) is 0 Å². The van der Waals surface area contributed by atoms with Crippen molar-refractivity contribution < 1.29 is 0 Å². The van der Waals surface area contributed by atoms with Crippen LogP contribution in [0, 0.1) is 6.42 Å². The fourth-order valence-electron chi connectivity index (χ4n) is 1.45. The highest BCUT2D eigenvalue weighted by molar-refractivity contribution is 6.30. The Morgan fingerprint density at radius 2 is 1.53 bits per heavy atom.